The summed E-state index contributed by atoms with van der Waals surface area (Å²) in [7, 11) is 0. The molecule has 2 rings (SSSR count). The molecule has 0 aliphatic heterocycles. The van der Waals surface area contributed by atoms with Crippen molar-refractivity contribution in [1.82, 2.24) is 5.32 Å². The summed E-state index contributed by atoms with van der Waals surface area (Å²) in [4.78, 5) is 24.5. The molecule has 0 radical (unpaired) electrons. The van der Waals surface area contributed by atoms with Crippen molar-refractivity contribution in [2.24, 2.45) is 0 Å². The van der Waals surface area contributed by atoms with Crippen molar-refractivity contribution in [2.75, 3.05) is 11.9 Å². The van der Waals surface area contributed by atoms with Crippen molar-refractivity contribution in [2.45, 2.75) is 52.5 Å². The Morgan fingerprint density at radius 3 is 2.28 bits per heavy atom. The number of carbonyl (C=O) groups is 2. The van der Waals surface area contributed by atoms with E-state index in [1.165, 1.54) is 12.8 Å². The lowest BCUT2D eigenvalue weighted by molar-refractivity contribution is 0.0942. The van der Waals surface area contributed by atoms with Crippen LogP contribution in [0.25, 0.3) is 0 Å². The van der Waals surface area contributed by atoms with Gasteiger partial charge in [-0.2, -0.15) is 0 Å². The Hall–Kier alpha value is -2.34. The zero-order chi connectivity index (χ0) is 21.2. The molecule has 2 aromatic rings. The summed E-state index contributed by atoms with van der Waals surface area (Å²) in [5.74, 6) is 0.380. The van der Waals surface area contributed by atoms with Crippen LogP contribution in [0.15, 0.2) is 46.9 Å². The molecule has 0 spiro atoms. The Bertz CT molecular complexity index is 819. The van der Waals surface area contributed by atoms with E-state index in [9.17, 15) is 9.59 Å². The fraction of sp³-hybridized carbons (Fsp3) is 0.391. The average molecular weight is 461 g/mol. The zero-order valence-electron chi connectivity index (χ0n) is 17.3. The highest BCUT2D eigenvalue weighted by atomic mass is 79.9. The van der Waals surface area contributed by atoms with Gasteiger partial charge >= 0.3 is 0 Å². The molecule has 0 heterocycles. The standard InChI is InChI=1S/C23H29BrN2O3/c1-4-5-6-7-14-29-21-13-10-18(15-20(21)24)23(28)26-19-11-8-17(9-12-19)22(27)25-16(2)3/h8-13,15-16H,4-7,14H2,1-3H3,(H,25,27)(H,26,28). The molecule has 0 saturated carbocycles. The van der Waals surface area contributed by atoms with Crippen molar-refractivity contribution in [3.63, 3.8) is 0 Å². The SMILES string of the molecule is CCCCCCOc1ccc(C(=O)Nc2ccc(C(=O)NC(C)C)cc2)cc1Br. The van der Waals surface area contributed by atoms with Crippen molar-refractivity contribution < 1.29 is 14.3 Å². The number of ether oxygens (including phenoxy) is 1. The molecular weight excluding hydrogens is 432 g/mol. The van der Waals surface area contributed by atoms with Gasteiger partial charge in [-0.15, -0.1) is 0 Å². The van der Waals surface area contributed by atoms with Crippen molar-refractivity contribution in [1.29, 1.82) is 0 Å². The molecule has 0 saturated heterocycles. The van der Waals surface area contributed by atoms with Gasteiger partial charge in [-0.1, -0.05) is 26.2 Å². The first-order chi connectivity index (χ1) is 13.9. The number of hydrogen-bond acceptors (Lipinski definition) is 3. The van der Waals surface area contributed by atoms with Crippen LogP contribution in [-0.4, -0.2) is 24.5 Å². The Kier molecular flexibility index (Phi) is 9.19. The van der Waals surface area contributed by atoms with E-state index in [-0.39, 0.29) is 17.9 Å². The van der Waals surface area contributed by atoms with Crippen LogP contribution in [0.1, 0.15) is 67.2 Å². The van der Waals surface area contributed by atoms with E-state index in [1.54, 1.807) is 42.5 Å². The summed E-state index contributed by atoms with van der Waals surface area (Å²) in [6.07, 6.45) is 4.59. The van der Waals surface area contributed by atoms with Crippen LogP contribution in [0.2, 0.25) is 0 Å². The Morgan fingerprint density at radius 1 is 0.966 bits per heavy atom. The fourth-order valence-corrected chi connectivity index (χ4v) is 3.22. The topological polar surface area (TPSA) is 67.4 Å². The van der Waals surface area contributed by atoms with E-state index < -0.39 is 0 Å². The third kappa shape index (κ3) is 7.54. The molecule has 0 unspecified atom stereocenters. The van der Waals surface area contributed by atoms with Gasteiger partial charge in [-0.3, -0.25) is 9.59 Å². The van der Waals surface area contributed by atoms with Crippen LogP contribution in [0, 0.1) is 0 Å². The van der Waals surface area contributed by atoms with Crippen LogP contribution in [0.4, 0.5) is 5.69 Å². The van der Waals surface area contributed by atoms with Crippen LogP contribution in [0.5, 0.6) is 5.75 Å². The van der Waals surface area contributed by atoms with E-state index in [2.05, 4.69) is 33.5 Å². The lowest BCUT2D eigenvalue weighted by Gasteiger charge is -2.11. The first-order valence-electron chi connectivity index (χ1n) is 10.0. The Labute approximate surface area is 181 Å². The molecule has 156 valence electrons. The molecule has 2 aromatic carbocycles. The maximum atomic E-state index is 12.5. The quantitative estimate of drug-likeness (QED) is 0.440. The average Bonchev–Trinajstić information content (AvgIpc) is 2.68. The second-order valence-corrected chi connectivity index (χ2v) is 8.07. The van der Waals surface area contributed by atoms with E-state index >= 15 is 0 Å². The van der Waals surface area contributed by atoms with Gasteiger partial charge in [0.05, 0.1) is 11.1 Å². The summed E-state index contributed by atoms with van der Waals surface area (Å²) in [5.41, 5.74) is 1.71. The number of unbranched alkanes of at least 4 members (excludes halogenated alkanes) is 3. The highest BCUT2D eigenvalue weighted by Crippen LogP contribution is 2.27. The molecule has 2 amide bonds. The van der Waals surface area contributed by atoms with Gasteiger partial charge in [-0.25, -0.2) is 0 Å². The van der Waals surface area contributed by atoms with Gasteiger partial charge in [0.2, 0.25) is 0 Å². The molecule has 0 atom stereocenters. The summed E-state index contributed by atoms with van der Waals surface area (Å²) in [6, 6.07) is 12.2. The minimum absolute atomic E-state index is 0.0728. The van der Waals surface area contributed by atoms with Gasteiger partial charge in [0, 0.05) is 22.9 Å². The minimum Gasteiger partial charge on any atom is -0.492 e. The van der Waals surface area contributed by atoms with E-state index in [4.69, 9.17) is 4.74 Å². The molecule has 0 aliphatic rings. The summed E-state index contributed by atoms with van der Waals surface area (Å²) in [6.45, 7) is 6.67. The summed E-state index contributed by atoms with van der Waals surface area (Å²) >= 11 is 3.48. The zero-order valence-corrected chi connectivity index (χ0v) is 18.8. The van der Waals surface area contributed by atoms with E-state index in [0.29, 0.717) is 23.4 Å². The predicted octanol–water partition coefficient (Wildman–Crippen LogP) is 5.80. The van der Waals surface area contributed by atoms with Gasteiger partial charge in [-0.05, 0) is 78.7 Å². The Morgan fingerprint density at radius 2 is 1.66 bits per heavy atom. The Balaban J connectivity index is 1.93. The molecule has 0 aromatic heterocycles. The van der Waals surface area contributed by atoms with Crippen LogP contribution >= 0.6 is 15.9 Å². The van der Waals surface area contributed by atoms with Crippen LogP contribution in [-0.2, 0) is 0 Å². The van der Waals surface area contributed by atoms with Crippen molar-refractivity contribution in [3.8, 4) is 5.75 Å². The first kappa shape index (κ1) is 22.9. The normalized spacial score (nSPS) is 10.7. The summed E-state index contributed by atoms with van der Waals surface area (Å²) in [5, 5.41) is 5.68. The van der Waals surface area contributed by atoms with Crippen LogP contribution < -0.4 is 15.4 Å². The smallest absolute Gasteiger partial charge is 0.255 e. The lowest BCUT2D eigenvalue weighted by Crippen LogP contribution is -2.30. The molecule has 6 heteroatoms. The van der Waals surface area contributed by atoms with E-state index in [0.717, 1.165) is 23.1 Å². The number of halogens is 1. The molecule has 29 heavy (non-hydrogen) atoms. The minimum atomic E-state index is -0.223. The molecule has 2 N–H and O–H groups in total. The number of amides is 2. The largest absolute Gasteiger partial charge is 0.492 e. The second-order valence-electron chi connectivity index (χ2n) is 7.21. The summed E-state index contributed by atoms with van der Waals surface area (Å²) < 4.78 is 6.53. The number of hydrogen-bond donors (Lipinski definition) is 2. The predicted molar refractivity (Wildman–Crippen MR) is 121 cm³/mol. The third-order valence-corrected chi connectivity index (χ3v) is 4.89. The molecule has 5 nitrogen and oxygen atoms in total. The van der Waals surface area contributed by atoms with Crippen molar-refractivity contribution in [3.05, 3.63) is 58.1 Å². The van der Waals surface area contributed by atoms with Gasteiger partial charge in [0.15, 0.2) is 0 Å². The first-order valence-corrected chi connectivity index (χ1v) is 10.8. The maximum absolute atomic E-state index is 12.5. The van der Waals surface area contributed by atoms with E-state index in [1.807, 2.05) is 13.8 Å². The van der Waals surface area contributed by atoms with Crippen molar-refractivity contribution >= 4 is 33.4 Å². The number of nitrogens with one attached hydrogen (secondary N) is 2. The lowest BCUT2D eigenvalue weighted by atomic mass is 10.1. The molecular formula is C23H29BrN2O3. The third-order valence-electron chi connectivity index (χ3n) is 4.27. The second kappa shape index (κ2) is 11.6. The number of carbonyl (C=O) groups excluding carboxylic acids is 2. The highest BCUT2D eigenvalue weighted by Gasteiger charge is 2.11. The fourth-order valence-electron chi connectivity index (χ4n) is 2.72. The van der Waals surface area contributed by atoms with Crippen LogP contribution in [0.3, 0.4) is 0 Å². The number of benzene rings is 2. The molecule has 0 fully saturated rings. The number of rotatable bonds is 10. The maximum Gasteiger partial charge on any atom is 0.255 e. The highest BCUT2D eigenvalue weighted by molar-refractivity contribution is 9.10. The van der Waals surface area contributed by atoms with Gasteiger partial charge in [0.25, 0.3) is 11.8 Å². The molecule has 0 aliphatic carbocycles. The van der Waals surface area contributed by atoms with Gasteiger partial charge < -0.3 is 15.4 Å². The monoisotopic (exact) mass is 460 g/mol. The molecule has 0 bridgehead atoms. The van der Waals surface area contributed by atoms with Gasteiger partial charge in [0.1, 0.15) is 5.75 Å². The number of anilines is 1.